The largest absolute Gasteiger partial charge is 0.323 e. The summed E-state index contributed by atoms with van der Waals surface area (Å²) >= 11 is 1.73. The van der Waals surface area contributed by atoms with Crippen LogP contribution in [0.25, 0.3) is 11.4 Å². The minimum Gasteiger partial charge on any atom is -0.323 e. The van der Waals surface area contributed by atoms with Crippen molar-refractivity contribution in [2.24, 2.45) is 5.73 Å². The quantitative estimate of drug-likeness (QED) is 0.866. The number of nitrogens with zero attached hydrogens (tertiary/aromatic N) is 2. The molecule has 3 N–H and O–H groups in total. The smallest absolute Gasteiger partial charge is 0.251 e. The van der Waals surface area contributed by atoms with E-state index in [9.17, 15) is 4.79 Å². The number of nitrogens with two attached hydrogens (primary N) is 1. The van der Waals surface area contributed by atoms with Crippen LogP contribution in [0.1, 0.15) is 18.2 Å². The lowest BCUT2D eigenvalue weighted by molar-refractivity contribution is 0.678. The number of aromatic amines is 1. The van der Waals surface area contributed by atoms with Gasteiger partial charge in [-0.05, 0) is 30.6 Å². The molecule has 100 valence electrons. The lowest BCUT2D eigenvalue weighted by Crippen LogP contribution is -2.18. The number of rotatable bonds is 5. The highest BCUT2D eigenvalue weighted by molar-refractivity contribution is 7.98. The van der Waals surface area contributed by atoms with Crippen LogP contribution in [-0.2, 0) is 0 Å². The van der Waals surface area contributed by atoms with Crippen LogP contribution in [0.5, 0.6) is 0 Å². The first-order valence-corrected chi connectivity index (χ1v) is 7.36. The van der Waals surface area contributed by atoms with E-state index in [-0.39, 0.29) is 11.6 Å². The second-order valence-electron chi connectivity index (χ2n) is 4.15. The molecule has 0 aliphatic heterocycles. The third-order valence-corrected chi connectivity index (χ3v) is 3.35. The van der Waals surface area contributed by atoms with Crippen LogP contribution in [-0.4, -0.2) is 27.0 Å². The molecule has 0 aliphatic rings. The van der Waals surface area contributed by atoms with E-state index in [1.807, 2.05) is 12.3 Å². The monoisotopic (exact) mass is 276 g/mol. The normalized spacial score (nSPS) is 12.3. The molecular formula is C13H16N4OS. The second-order valence-corrected chi connectivity index (χ2v) is 5.13. The topological polar surface area (TPSA) is 84.7 Å². The molecule has 2 aromatic heterocycles. The average molecular weight is 276 g/mol. The molecular weight excluding hydrogens is 260 g/mol. The van der Waals surface area contributed by atoms with Gasteiger partial charge < -0.3 is 10.7 Å². The molecule has 0 radical (unpaired) electrons. The van der Waals surface area contributed by atoms with Gasteiger partial charge in [0.1, 0.15) is 5.82 Å². The molecule has 0 saturated heterocycles. The van der Waals surface area contributed by atoms with E-state index in [2.05, 4.69) is 15.0 Å². The first-order valence-electron chi connectivity index (χ1n) is 5.97. The van der Waals surface area contributed by atoms with Crippen LogP contribution in [0.15, 0.2) is 35.4 Å². The van der Waals surface area contributed by atoms with Crippen LogP contribution in [0.2, 0.25) is 0 Å². The molecule has 0 unspecified atom stereocenters. The van der Waals surface area contributed by atoms with Crippen molar-refractivity contribution < 1.29 is 0 Å². The van der Waals surface area contributed by atoms with E-state index in [0.29, 0.717) is 11.5 Å². The Morgan fingerprint density at radius 2 is 2.37 bits per heavy atom. The zero-order valence-electron chi connectivity index (χ0n) is 10.7. The predicted molar refractivity (Wildman–Crippen MR) is 78.0 cm³/mol. The first kappa shape index (κ1) is 13.8. The van der Waals surface area contributed by atoms with Gasteiger partial charge in [-0.1, -0.05) is 0 Å². The van der Waals surface area contributed by atoms with Crippen LogP contribution in [0.3, 0.4) is 0 Å². The maximum Gasteiger partial charge on any atom is 0.251 e. The third kappa shape index (κ3) is 3.65. The third-order valence-electron chi connectivity index (χ3n) is 2.71. The van der Waals surface area contributed by atoms with E-state index in [0.717, 1.165) is 17.7 Å². The molecule has 6 heteroatoms. The maximum atomic E-state index is 11.7. The number of hydrogen-bond acceptors (Lipinski definition) is 5. The van der Waals surface area contributed by atoms with Crippen molar-refractivity contribution in [1.29, 1.82) is 0 Å². The molecule has 0 aromatic carbocycles. The molecule has 0 saturated carbocycles. The standard InChI is InChI=1S/C13H16N4OS/c1-19-6-4-10(14)11-7-12(18)17-13(16-11)9-3-2-5-15-8-9/h2-3,5,7-8,10H,4,6,14H2,1H3,(H,16,17,18)/t10-/m1/s1. The summed E-state index contributed by atoms with van der Waals surface area (Å²) in [5, 5.41) is 0. The van der Waals surface area contributed by atoms with Crippen molar-refractivity contribution >= 4 is 11.8 Å². The minimum absolute atomic E-state index is 0.191. The summed E-state index contributed by atoms with van der Waals surface area (Å²) < 4.78 is 0. The van der Waals surface area contributed by atoms with E-state index >= 15 is 0 Å². The molecule has 1 atom stereocenters. The molecule has 0 amide bonds. The summed E-state index contributed by atoms with van der Waals surface area (Å²) in [5.74, 6) is 1.45. The molecule has 2 rings (SSSR count). The molecule has 0 spiro atoms. The zero-order chi connectivity index (χ0) is 13.7. The lowest BCUT2D eigenvalue weighted by Gasteiger charge is -2.11. The second kappa shape index (κ2) is 6.49. The Kier molecular flexibility index (Phi) is 4.70. The Labute approximate surface area is 115 Å². The van der Waals surface area contributed by atoms with Crippen LogP contribution in [0, 0.1) is 0 Å². The number of hydrogen-bond donors (Lipinski definition) is 2. The zero-order valence-corrected chi connectivity index (χ0v) is 11.5. The Bertz CT molecular complexity index is 585. The molecule has 5 nitrogen and oxygen atoms in total. The van der Waals surface area contributed by atoms with Crippen LogP contribution in [0.4, 0.5) is 0 Å². The van der Waals surface area contributed by atoms with Crippen molar-refractivity contribution in [3.05, 3.63) is 46.6 Å². The minimum atomic E-state index is -0.217. The van der Waals surface area contributed by atoms with Crippen molar-refractivity contribution in [1.82, 2.24) is 15.0 Å². The molecule has 2 heterocycles. The van der Waals surface area contributed by atoms with Crippen molar-refractivity contribution in [3.63, 3.8) is 0 Å². The van der Waals surface area contributed by atoms with E-state index in [1.54, 1.807) is 30.2 Å². The number of H-pyrrole nitrogens is 1. The summed E-state index contributed by atoms with van der Waals surface area (Å²) in [6.07, 6.45) is 6.16. The van der Waals surface area contributed by atoms with Gasteiger partial charge in [-0.15, -0.1) is 0 Å². The van der Waals surface area contributed by atoms with Gasteiger partial charge in [-0.25, -0.2) is 4.98 Å². The SMILES string of the molecule is CSCC[C@@H](N)c1cc(=O)[nH]c(-c2cccnc2)n1. The van der Waals surface area contributed by atoms with Gasteiger partial charge in [0.15, 0.2) is 0 Å². The number of nitrogens with one attached hydrogen (secondary N) is 1. The fraction of sp³-hybridized carbons (Fsp3) is 0.308. The molecule has 0 bridgehead atoms. The Balaban J connectivity index is 2.32. The van der Waals surface area contributed by atoms with E-state index in [1.165, 1.54) is 6.07 Å². The Hall–Kier alpha value is -1.66. The van der Waals surface area contributed by atoms with Gasteiger partial charge in [0.25, 0.3) is 5.56 Å². The highest BCUT2D eigenvalue weighted by atomic mass is 32.2. The predicted octanol–water partition coefficient (Wildman–Crippen LogP) is 1.58. The van der Waals surface area contributed by atoms with E-state index in [4.69, 9.17) is 5.73 Å². The van der Waals surface area contributed by atoms with Crippen LogP contribution < -0.4 is 11.3 Å². The fourth-order valence-corrected chi connectivity index (χ4v) is 2.19. The highest BCUT2D eigenvalue weighted by Crippen LogP contribution is 2.16. The van der Waals surface area contributed by atoms with Gasteiger partial charge in [0.2, 0.25) is 0 Å². The summed E-state index contributed by atoms with van der Waals surface area (Å²) in [5.41, 5.74) is 7.26. The summed E-state index contributed by atoms with van der Waals surface area (Å²) in [7, 11) is 0. The Morgan fingerprint density at radius 3 is 3.05 bits per heavy atom. The first-order chi connectivity index (χ1) is 9.20. The molecule has 0 aliphatic carbocycles. The molecule has 2 aromatic rings. The van der Waals surface area contributed by atoms with Crippen molar-refractivity contribution in [3.8, 4) is 11.4 Å². The molecule has 19 heavy (non-hydrogen) atoms. The Morgan fingerprint density at radius 1 is 1.53 bits per heavy atom. The fourth-order valence-electron chi connectivity index (χ4n) is 1.70. The number of thioether (sulfide) groups is 1. The number of aromatic nitrogens is 3. The van der Waals surface area contributed by atoms with Gasteiger partial charge in [-0.3, -0.25) is 9.78 Å². The molecule has 0 fully saturated rings. The highest BCUT2D eigenvalue weighted by Gasteiger charge is 2.10. The van der Waals surface area contributed by atoms with Gasteiger partial charge in [0, 0.05) is 30.1 Å². The van der Waals surface area contributed by atoms with E-state index < -0.39 is 0 Å². The summed E-state index contributed by atoms with van der Waals surface area (Å²) in [6, 6.07) is 4.90. The lowest BCUT2D eigenvalue weighted by atomic mass is 10.1. The summed E-state index contributed by atoms with van der Waals surface area (Å²) in [4.78, 5) is 22.8. The van der Waals surface area contributed by atoms with Crippen molar-refractivity contribution in [2.45, 2.75) is 12.5 Å². The summed E-state index contributed by atoms with van der Waals surface area (Å²) in [6.45, 7) is 0. The van der Waals surface area contributed by atoms with Gasteiger partial charge in [0.05, 0.1) is 5.69 Å². The average Bonchev–Trinajstić information content (AvgIpc) is 2.45. The van der Waals surface area contributed by atoms with Crippen molar-refractivity contribution in [2.75, 3.05) is 12.0 Å². The van der Waals surface area contributed by atoms with Crippen LogP contribution >= 0.6 is 11.8 Å². The maximum absolute atomic E-state index is 11.7. The van der Waals surface area contributed by atoms with Gasteiger partial charge in [-0.2, -0.15) is 11.8 Å². The number of pyridine rings is 1. The van der Waals surface area contributed by atoms with Gasteiger partial charge >= 0.3 is 0 Å².